The van der Waals surface area contributed by atoms with Gasteiger partial charge < -0.3 is 14.6 Å². The third kappa shape index (κ3) is 6.54. The molecule has 36 heavy (non-hydrogen) atoms. The Morgan fingerprint density at radius 2 is 1.67 bits per heavy atom. The number of ether oxygens (including phenoxy) is 1. The van der Waals surface area contributed by atoms with Gasteiger partial charge in [-0.05, 0) is 67.5 Å². The normalized spacial score (nSPS) is 12.9. The van der Waals surface area contributed by atoms with Gasteiger partial charge in [-0.1, -0.05) is 68.4 Å². The van der Waals surface area contributed by atoms with E-state index >= 15 is 0 Å². The van der Waals surface area contributed by atoms with E-state index in [4.69, 9.17) is 9.72 Å². The summed E-state index contributed by atoms with van der Waals surface area (Å²) in [4.78, 5) is 17.5. The summed E-state index contributed by atoms with van der Waals surface area (Å²) in [6.45, 7) is 7.97. The number of nitrogens with zero attached hydrogens (tertiary/aromatic N) is 2. The Morgan fingerprint density at radius 1 is 0.944 bits per heavy atom. The Balaban J connectivity index is 1.34. The van der Waals surface area contributed by atoms with Crippen molar-refractivity contribution in [3.05, 3.63) is 95.8 Å². The predicted molar refractivity (Wildman–Crippen MR) is 146 cm³/mol. The lowest BCUT2D eigenvalue weighted by atomic mass is 9.99. The number of unbranched alkanes of at least 4 members (excludes halogenated alkanes) is 1. The second-order valence-electron chi connectivity index (χ2n) is 9.50. The van der Waals surface area contributed by atoms with Gasteiger partial charge in [-0.3, -0.25) is 4.79 Å². The highest BCUT2D eigenvalue weighted by molar-refractivity contribution is 5.79. The van der Waals surface area contributed by atoms with Crippen LogP contribution in [0.2, 0.25) is 0 Å². The van der Waals surface area contributed by atoms with Crippen molar-refractivity contribution in [3.8, 4) is 5.75 Å². The molecular weight excluding hydrogens is 446 g/mol. The number of carbonyl (C=O) groups excluding carboxylic acids is 1. The summed E-state index contributed by atoms with van der Waals surface area (Å²) in [5.41, 5.74) is 4.41. The quantitative estimate of drug-likeness (QED) is 0.225. The molecule has 0 aliphatic heterocycles. The smallest absolute Gasteiger partial charge is 0.224 e. The number of imidazole rings is 1. The minimum absolute atomic E-state index is 0.0000511. The molecule has 1 aromatic heterocycles. The predicted octanol–water partition coefficient (Wildman–Crippen LogP) is 6.83. The molecular formula is C31H37N3O2. The van der Waals surface area contributed by atoms with Crippen LogP contribution in [0.5, 0.6) is 5.75 Å². The fourth-order valence-electron chi connectivity index (χ4n) is 4.49. The van der Waals surface area contributed by atoms with Gasteiger partial charge in [0.2, 0.25) is 5.91 Å². The Kier molecular flexibility index (Phi) is 8.77. The van der Waals surface area contributed by atoms with E-state index in [1.807, 2.05) is 55.5 Å². The van der Waals surface area contributed by atoms with E-state index in [1.165, 1.54) is 5.56 Å². The summed E-state index contributed by atoms with van der Waals surface area (Å²) in [5, 5.41) is 3.14. The summed E-state index contributed by atoms with van der Waals surface area (Å²) in [6, 6.07) is 26.3. The van der Waals surface area contributed by atoms with Crippen molar-refractivity contribution in [2.45, 2.75) is 65.0 Å². The maximum absolute atomic E-state index is 12.7. The van der Waals surface area contributed by atoms with E-state index in [0.717, 1.165) is 54.0 Å². The number of hydrogen-bond acceptors (Lipinski definition) is 3. The lowest BCUT2D eigenvalue weighted by molar-refractivity contribution is -0.121. The third-order valence-electron chi connectivity index (χ3n) is 6.76. The SMILES string of the molecule is CCC(C)c1ccc(OCCCCn2c(C(C)NC(=O)Cc3ccccc3)nc3ccccc32)cc1. The molecule has 0 fully saturated rings. The Morgan fingerprint density at radius 3 is 2.42 bits per heavy atom. The Labute approximate surface area is 214 Å². The average Bonchev–Trinajstić information content (AvgIpc) is 3.27. The number of hydrogen-bond donors (Lipinski definition) is 1. The van der Waals surface area contributed by atoms with E-state index in [1.54, 1.807) is 0 Å². The number of para-hydroxylation sites is 2. The molecule has 2 unspecified atom stereocenters. The number of aromatic nitrogens is 2. The molecule has 2 atom stereocenters. The van der Waals surface area contributed by atoms with Crippen LogP contribution < -0.4 is 10.1 Å². The second kappa shape index (κ2) is 12.4. The monoisotopic (exact) mass is 483 g/mol. The Bertz CT molecular complexity index is 1250. The van der Waals surface area contributed by atoms with Crippen molar-refractivity contribution in [1.82, 2.24) is 14.9 Å². The van der Waals surface area contributed by atoms with Gasteiger partial charge in [-0.2, -0.15) is 0 Å². The van der Waals surface area contributed by atoms with Crippen molar-refractivity contribution >= 4 is 16.9 Å². The first-order valence-electron chi connectivity index (χ1n) is 13.1. The molecule has 5 nitrogen and oxygen atoms in total. The molecule has 0 spiro atoms. The number of amides is 1. The van der Waals surface area contributed by atoms with Gasteiger partial charge in [-0.25, -0.2) is 4.98 Å². The van der Waals surface area contributed by atoms with Crippen LogP contribution >= 0.6 is 0 Å². The van der Waals surface area contributed by atoms with Crippen molar-refractivity contribution in [1.29, 1.82) is 0 Å². The van der Waals surface area contributed by atoms with Gasteiger partial charge in [0.05, 0.1) is 30.1 Å². The summed E-state index contributed by atoms with van der Waals surface area (Å²) >= 11 is 0. The fraction of sp³-hybridized carbons (Fsp3) is 0.355. The third-order valence-corrected chi connectivity index (χ3v) is 6.76. The Hall–Kier alpha value is -3.60. The number of fused-ring (bicyclic) bond motifs is 1. The van der Waals surface area contributed by atoms with Crippen LogP contribution in [0.15, 0.2) is 78.9 Å². The zero-order chi connectivity index (χ0) is 25.3. The van der Waals surface area contributed by atoms with Crippen LogP contribution in [0.25, 0.3) is 11.0 Å². The molecule has 1 heterocycles. The topological polar surface area (TPSA) is 56.1 Å². The van der Waals surface area contributed by atoms with Crippen molar-refractivity contribution in [2.75, 3.05) is 6.61 Å². The summed E-state index contributed by atoms with van der Waals surface area (Å²) in [6.07, 6.45) is 3.40. The number of nitrogens with one attached hydrogen (secondary N) is 1. The second-order valence-corrected chi connectivity index (χ2v) is 9.50. The molecule has 0 saturated heterocycles. The van der Waals surface area contributed by atoms with Crippen LogP contribution in [0.1, 0.15) is 68.9 Å². The summed E-state index contributed by atoms with van der Waals surface area (Å²) in [5.74, 6) is 2.38. The van der Waals surface area contributed by atoms with Gasteiger partial charge >= 0.3 is 0 Å². The largest absolute Gasteiger partial charge is 0.494 e. The van der Waals surface area contributed by atoms with E-state index in [0.29, 0.717) is 18.9 Å². The fourth-order valence-corrected chi connectivity index (χ4v) is 4.49. The molecule has 3 aromatic carbocycles. The molecule has 0 aliphatic rings. The molecule has 4 rings (SSSR count). The molecule has 5 heteroatoms. The number of carbonyl (C=O) groups is 1. The van der Waals surface area contributed by atoms with E-state index in [-0.39, 0.29) is 11.9 Å². The van der Waals surface area contributed by atoms with E-state index in [9.17, 15) is 4.79 Å². The first-order valence-corrected chi connectivity index (χ1v) is 13.1. The lowest BCUT2D eigenvalue weighted by Crippen LogP contribution is -2.30. The van der Waals surface area contributed by atoms with Gasteiger partial charge in [0.1, 0.15) is 11.6 Å². The summed E-state index contributed by atoms with van der Waals surface area (Å²) < 4.78 is 8.23. The molecule has 1 N–H and O–H groups in total. The molecule has 0 saturated carbocycles. The number of rotatable bonds is 12. The van der Waals surface area contributed by atoms with Crippen molar-refractivity contribution < 1.29 is 9.53 Å². The van der Waals surface area contributed by atoms with E-state index < -0.39 is 0 Å². The number of benzene rings is 3. The standard InChI is InChI=1S/C31H37N3O2/c1-4-23(2)26-16-18-27(19-17-26)36-21-11-10-20-34-29-15-9-8-14-28(29)33-31(34)24(3)32-30(35)22-25-12-6-5-7-13-25/h5-9,12-19,23-24H,4,10-11,20-22H2,1-3H3,(H,32,35). The highest BCUT2D eigenvalue weighted by Gasteiger charge is 2.18. The average molecular weight is 484 g/mol. The van der Waals surface area contributed by atoms with Crippen molar-refractivity contribution in [3.63, 3.8) is 0 Å². The minimum Gasteiger partial charge on any atom is -0.494 e. The highest BCUT2D eigenvalue weighted by atomic mass is 16.5. The first kappa shape index (κ1) is 25.5. The molecule has 0 bridgehead atoms. The van der Waals surface area contributed by atoms with Crippen LogP contribution in [-0.2, 0) is 17.8 Å². The van der Waals surface area contributed by atoms with Gasteiger partial charge in [0, 0.05) is 6.54 Å². The molecule has 0 radical (unpaired) electrons. The van der Waals surface area contributed by atoms with E-state index in [2.05, 4.69) is 54.1 Å². The van der Waals surface area contributed by atoms with Crippen LogP contribution in [0.4, 0.5) is 0 Å². The zero-order valence-electron chi connectivity index (χ0n) is 21.6. The molecule has 4 aromatic rings. The van der Waals surface area contributed by atoms with Gasteiger partial charge in [0.25, 0.3) is 0 Å². The van der Waals surface area contributed by atoms with Crippen LogP contribution in [-0.4, -0.2) is 22.1 Å². The lowest BCUT2D eigenvalue weighted by Gasteiger charge is -2.17. The van der Waals surface area contributed by atoms with Crippen LogP contribution in [0, 0.1) is 0 Å². The molecule has 1 amide bonds. The zero-order valence-corrected chi connectivity index (χ0v) is 21.6. The van der Waals surface area contributed by atoms with Crippen molar-refractivity contribution in [2.24, 2.45) is 0 Å². The first-order chi connectivity index (χ1) is 17.5. The molecule has 188 valence electrons. The van der Waals surface area contributed by atoms with Gasteiger partial charge in [-0.15, -0.1) is 0 Å². The maximum atomic E-state index is 12.7. The highest BCUT2D eigenvalue weighted by Crippen LogP contribution is 2.23. The van der Waals surface area contributed by atoms with Crippen LogP contribution in [0.3, 0.4) is 0 Å². The van der Waals surface area contributed by atoms with Gasteiger partial charge in [0.15, 0.2) is 0 Å². The maximum Gasteiger partial charge on any atom is 0.224 e. The summed E-state index contributed by atoms with van der Waals surface area (Å²) in [7, 11) is 0. The number of aryl methyl sites for hydroxylation is 1. The molecule has 0 aliphatic carbocycles. The minimum atomic E-state index is -0.186.